The number of thiophene rings is 1. The summed E-state index contributed by atoms with van der Waals surface area (Å²) in [5, 5.41) is 3.44. The largest absolute Gasteiger partial charge is 0.355 e. The molecule has 0 radical (unpaired) electrons. The number of fused-ring (bicyclic) bond motifs is 1. The van der Waals surface area contributed by atoms with Crippen molar-refractivity contribution in [1.82, 2.24) is 10.0 Å². The molecule has 0 saturated carbocycles. The average Bonchev–Trinajstić information content (AvgIpc) is 2.77. The summed E-state index contributed by atoms with van der Waals surface area (Å²) in [6, 6.07) is 6.31. The van der Waals surface area contributed by atoms with E-state index < -0.39 is 16.1 Å². The molecule has 1 aromatic carbocycles. The standard InChI is InChI=1S/C13H15ClN2O3S2/c1-3-15-12(17)8(2)16-21(18,19)13-11(14)9-6-4-5-7-10(9)20-13/h4-8,16H,3H2,1-2H3,(H,15,17)/t8-/m0/s1. The molecule has 114 valence electrons. The normalized spacial score (nSPS) is 13.3. The van der Waals surface area contributed by atoms with Crippen molar-refractivity contribution in [1.29, 1.82) is 0 Å². The highest BCUT2D eigenvalue weighted by Crippen LogP contribution is 2.38. The Kier molecular flexibility index (Phi) is 4.88. The number of halogens is 1. The second-order valence-electron chi connectivity index (χ2n) is 4.44. The fraction of sp³-hybridized carbons (Fsp3) is 0.308. The molecule has 0 aliphatic carbocycles. The van der Waals surface area contributed by atoms with Gasteiger partial charge in [-0.1, -0.05) is 29.8 Å². The Morgan fingerprint density at radius 3 is 2.67 bits per heavy atom. The molecule has 0 spiro atoms. The third kappa shape index (κ3) is 3.37. The molecule has 2 N–H and O–H groups in total. The van der Waals surface area contributed by atoms with E-state index in [-0.39, 0.29) is 15.1 Å². The topological polar surface area (TPSA) is 75.3 Å². The third-order valence-corrected chi connectivity index (χ3v) is 6.67. The number of carbonyl (C=O) groups is 1. The molecular weight excluding hydrogens is 332 g/mol. The minimum Gasteiger partial charge on any atom is -0.355 e. The highest BCUT2D eigenvalue weighted by Gasteiger charge is 2.26. The van der Waals surface area contributed by atoms with Gasteiger partial charge in [0.05, 0.1) is 11.1 Å². The predicted molar refractivity (Wildman–Crippen MR) is 85.3 cm³/mol. The van der Waals surface area contributed by atoms with Crippen LogP contribution in [0, 0.1) is 0 Å². The summed E-state index contributed by atoms with van der Waals surface area (Å²) in [6.07, 6.45) is 0. The molecule has 0 aliphatic heterocycles. The predicted octanol–water partition coefficient (Wildman–Crippen LogP) is 2.36. The van der Waals surface area contributed by atoms with Gasteiger partial charge in [0.25, 0.3) is 10.0 Å². The van der Waals surface area contributed by atoms with Crippen molar-refractivity contribution >= 4 is 49.0 Å². The van der Waals surface area contributed by atoms with Crippen molar-refractivity contribution in [2.75, 3.05) is 6.54 Å². The first kappa shape index (κ1) is 16.2. The lowest BCUT2D eigenvalue weighted by Gasteiger charge is -2.12. The van der Waals surface area contributed by atoms with Gasteiger partial charge in [-0.2, -0.15) is 4.72 Å². The van der Waals surface area contributed by atoms with Gasteiger partial charge in [0.15, 0.2) is 4.21 Å². The van der Waals surface area contributed by atoms with E-state index >= 15 is 0 Å². The fourth-order valence-electron chi connectivity index (χ4n) is 1.83. The van der Waals surface area contributed by atoms with Crippen LogP contribution in [0.2, 0.25) is 5.02 Å². The van der Waals surface area contributed by atoms with E-state index in [0.717, 1.165) is 16.0 Å². The number of nitrogens with one attached hydrogen (secondary N) is 2. The summed E-state index contributed by atoms with van der Waals surface area (Å²) in [7, 11) is -3.84. The maximum absolute atomic E-state index is 12.4. The van der Waals surface area contributed by atoms with Crippen molar-refractivity contribution in [3.63, 3.8) is 0 Å². The smallest absolute Gasteiger partial charge is 0.252 e. The van der Waals surface area contributed by atoms with Gasteiger partial charge in [-0.05, 0) is 19.9 Å². The molecule has 2 rings (SSSR count). The van der Waals surface area contributed by atoms with Gasteiger partial charge in [0, 0.05) is 16.6 Å². The van der Waals surface area contributed by atoms with Crippen LogP contribution in [0.4, 0.5) is 0 Å². The lowest BCUT2D eigenvalue weighted by Crippen LogP contribution is -2.44. The van der Waals surface area contributed by atoms with E-state index in [9.17, 15) is 13.2 Å². The quantitative estimate of drug-likeness (QED) is 0.872. The van der Waals surface area contributed by atoms with Gasteiger partial charge in [-0.25, -0.2) is 8.42 Å². The third-order valence-electron chi connectivity index (χ3n) is 2.83. The zero-order valence-electron chi connectivity index (χ0n) is 11.5. The molecule has 1 atom stereocenters. The number of benzene rings is 1. The van der Waals surface area contributed by atoms with E-state index in [4.69, 9.17) is 11.6 Å². The number of likely N-dealkylation sites (N-methyl/N-ethyl adjacent to an activating group) is 1. The molecule has 1 aromatic heterocycles. The number of hydrogen-bond donors (Lipinski definition) is 2. The molecular formula is C13H15ClN2O3S2. The van der Waals surface area contributed by atoms with Gasteiger partial charge in [0.1, 0.15) is 0 Å². The van der Waals surface area contributed by atoms with Crippen molar-refractivity contribution in [3.05, 3.63) is 29.3 Å². The molecule has 0 aliphatic rings. The molecule has 8 heteroatoms. The fourth-order valence-corrected chi connectivity index (χ4v) is 5.18. The Morgan fingerprint density at radius 1 is 1.38 bits per heavy atom. The average molecular weight is 347 g/mol. The SMILES string of the molecule is CCNC(=O)[C@H](C)NS(=O)(=O)c1sc2ccccc2c1Cl. The molecule has 0 saturated heterocycles. The first-order valence-electron chi connectivity index (χ1n) is 6.34. The van der Waals surface area contributed by atoms with Crippen LogP contribution in [0.3, 0.4) is 0 Å². The van der Waals surface area contributed by atoms with Crippen LogP contribution >= 0.6 is 22.9 Å². The maximum atomic E-state index is 12.4. The highest BCUT2D eigenvalue weighted by atomic mass is 35.5. The summed E-state index contributed by atoms with van der Waals surface area (Å²) in [5.74, 6) is -0.377. The minimum absolute atomic E-state index is 0.0292. The number of sulfonamides is 1. The first-order chi connectivity index (χ1) is 9.86. The Hall–Kier alpha value is -1.15. The molecule has 1 amide bonds. The Balaban J connectivity index is 2.34. The van der Waals surface area contributed by atoms with Crippen molar-refractivity contribution < 1.29 is 13.2 Å². The van der Waals surface area contributed by atoms with Crippen LogP contribution in [-0.4, -0.2) is 26.9 Å². The van der Waals surface area contributed by atoms with Gasteiger partial charge < -0.3 is 5.32 Å². The van der Waals surface area contributed by atoms with Crippen LogP contribution in [0.5, 0.6) is 0 Å². The Morgan fingerprint density at radius 2 is 2.05 bits per heavy atom. The van der Waals surface area contributed by atoms with E-state index in [2.05, 4.69) is 10.0 Å². The zero-order chi connectivity index (χ0) is 15.6. The molecule has 0 bridgehead atoms. The van der Waals surface area contributed by atoms with Crippen LogP contribution < -0.4 is 10.0 Å². The van der Waals surface area contributed by atoms with Gasteiger partial charge in [0.2, 0.25) is 5.91 Å². The number of hydrogen-bond acceptors (Lipinski definition) is 4. The van der Waals surface area contributed by atoms with E-state index in [0.29, 0.717) is 11.9 Å². The van der Waals surface area contributed by atoms with Crippen LogP contribution in [0.15, 0.2) is 28.5 Å². The van der Waals surface area contributed by atoms with Gasteiger partial charge >= 0.3 is 0 Å². The van der Waals surface area contributed by atoms with Gasteiger partial charge in [-0.3, -0.25) is 4.79 Å². The Labute approximate surface area is 132 Å². The summed E-state index contributed by atoms with van der Waals surface area (Å²) < 4.78 is 27.9. The van der Waals surface area contributed by atoms with Crippen molar-refractivity contribution in [3.8, 4) is 0 Å². The van der Waals surface area contributed by atoms with E-state index in [1.807, 2.05) is 6.07 Å². The van der Waals surface area contributed by atoms with Crippen LogP contribution in [0.25, 0.3) is 10.1 Å². The molecule has 5 nitrogen and oxygen atoms in total. The lowest BCUT2D eigenvalue weighted by molar-refractivity contribution is -0.122. The van der Waals surface area contributed by atoms with E-state index in [1.54, 1.807) is 25.1 Å². The Bertz CT molecular complexity index is 771. The van der Waals surface area contributed by atoms with Crippen LogP contribution in [-0.2, 0) is 14.8 Å². The molecule has 1 heterocycles. The molecule has 21 heavy (non-hydrogen) atoms. The number of rotatable bonds is 5. The van der Waals surface area contributed by atoms with E-state index in [1.165, 1.54) is 6.92 Å². The second-order valence-corrected chi connectivity index (χ2v) is 7.78. The molecule has 2 aromatic rings. The summed E-state index contributed by atoms with van der Waals surface area (Å²) in [4.78, 5) is 11.6. The van der Waals surface area contributed by atoms with Crippen molar-refractivity contribution in [2.24, 2.45) is 0 Å². The monoisotopic (exact) mass is 346 g/mol. The summed E-state index contributed by atoms with van der Waals surface area (Å²) in [6.45, 7) is 3.69. The molecule has 0 unspecified atom stereocenters. The second kappa shape index (κ2) is 6.31. The molecule has 0 fully saturated rings. The lowest BCUT2D eigenvalue weighted by atomic mass is 10.3. The zero-order valence-corrected chi connectivity index (χ0v) is 13.9. The number of carbonyl (C=O) groups excluding carboxylic acids is 1. The van der Waals surface area contributed by atoms with Crippen molar-refractivity contribution in [2.45, 2.75) is 24.1 Å². The summed E-state index contributed by atoms with van der Waals surface area (Å²) >= 11 is 7.24. The first-order valence-corrected chi connectivity index (χ1v) is 9.01. The highest BCUT2D eigenvalue weighted by molar-refractivity contribution is 7.92. The van der Waals surface area contributed by atoms with Gasteiger partial charge in [-0.15, -0.1) is 11.3 Å². The van der Waals surface area contributed by atoms with Crippen LogP contribution in [0.1, 0.15) is 13.8 Å². The summed E-state index contributed by atoms with van der Waals surface area (Å²) in [5.41, 5.74) is 0. The minimum atomic E-state index is -3.84. The maximum Gasteiger partial charge on any atom is 0.252 e. The number of amides is 1.